The topological polar surface area (TPSA) is 100 Å². The monoisotopic (exact) mass is 598 g/mol. The van der Waals surface area contributed by atoms with Gasteiger partial charge in [0.1, 0.15) is 10.5 Å². The Hall–Kier alpha value is -3.63. The van der Waals surface area contributed by atoms with Gasteiger partial charge in [0.25, 0.3) is 5.91 Å². The molecule has 0 N–H and O–H groups in total. The predicted octanol–water partition coefficient (Wildman–Crippen LogP) is 5.15. The van der Waals surface area contributed by atoms with Crippen LogP contribution in [0.25, 0.3) is 10.8 Å². The number of fused-ring (bicyclic) bond motifs is 1. The van der Waals surface area contributed by atoms with E-state index in [1.165, 1.54) is 10.0 Å². The zero-order chi connectivity index (χ0) is 29.7. The van der Waals surface area contributed by atoms with Gasteiger partial charge in [-0.25, -0.2) is 14.8 Å². The number of carbonyl (C=O) groups excluding carboxylic acids is 2. The van der Waals surface area contributed by atoms with Crippen LogP contribution in [0.3, 0.4) is 0 Å². The van der Waals surface area contributed by atoms with E-state index in [9.17, 15) is 18.0 Å². The minimum Gasteiger partial charge on any atom is -0.442 e. The van der Waals surface area contributed by atoms with Crippen LogP contribution >= 0.6 is 11.6 Å². The summed E-state index contributed by atoms with van der Waals surface area (Å²) in [5.74, 6) is -0.732. The Kier molecular flexibility index (Phi) is 9.55. The molecule has 41 heavy (non-hydrogen) atoms. The molecule has 2 heterocycles. The number of amides is 2. The molecule has 0 bridgehead atoms. The lowest BCUT2D eigenvalue weighted by Gasteiger charge is -2.43. The van der Waals surface area contributed by atoms with Crippen molar-refractivity contribution in [3.63, 3.8) is 0 Å². The summed E-state index contributed by atoms with van der Waals surface area (Å²) in [6, 6.07) is 14.3. The Balaban J connectivity index is 1.65. The predicted molar refractivity (Wildman–Crippen MR) is 162 cm³/mol. The number of halogens is 1. The number of nitrogens with zero attached hydrogens (tertiary/aromatic N) is 4. The maximum Gasteiger partial charge on any atom is 0.429 e. The van der Waals surface area contributed by atoms with Crippen molar-refractivity contribution in [2.75, 3.05) is 24.5 Å². The highest BCUT2D eigenvalue weighted by atomic mass is 35.5. The molecule has 1 aliphatic heterocycles. The number of hydrogen-bond donors (Lipinski definition) is 0. The number of hydrazine groups is 1. The molecular formula is C30H35ClN4O5S. The van der Waals surface area contributed by atoms with Crippen molar-refractivity contribution in [1.82, 2.24) is 15.0 Å². The Morgan fingerprint density at radius 2 is 1.66 bits per heavy atom. The highest BCUT2D eigenvalue weighted by Crippen LogP contribution is 2.26. The molecule has 0 saturated carbocycles. The Bertz CT molecular complexity index is 1540. The molecule has 218 valence electrons. The first kappa shape index (κ1) is 30.3. The maximum absolute atomic E-state index is 14.1. The van der Waals surface area contributed by atoms with Crippen molar-refractivity contribution in [3.05, 3.63) is 71.5 Å². The standard InChI is InChI=1S/C30H35ClN4O5S/c1-5-34(29(37)40-30(2,3)4)35(26-12-16-33(17-13-26)25-10-14-32-15-11-25)28(36)27(41(38)39)19-21-6-7-23-20-24(31)9-8-22(23)18-21/h6-11,14-15,18,20,26H,5,12-13,16-17,19H2,1-4H3. The summed E-state index contributed by atoms with van der Waals surface area (Å²) in [6.07, 6.45) is 3.69. The number of aromatic nitrogens is 1. The number of carbonyl (C=O) groups is 2. The molecule has 11 heteroatoms. The molecule has 1 aliphatic rings. The van der Waals surface area contributed by atoms with Crippen LogP contribution in [0.4, 0.5) is 10.5 Å². The molecule has 0 atom stereocenters. The molecule has 9 nitrogen and oxygen atoms in total. The first-order chi connectivity index (χ1) is 19.5. The molecule has 3 aromatic rings. The van der Waals surface area contributed by atoms with E-state index in [2.05, 4.69) is 9.88 Å². The number of rotatable bonds is 6. The average Bonchev–Trinajstić information content (AvgIpc) is 2.93. The third-order valence-corrected chi connectivity index (χ3v) is 7.84. The van der Waals surface area contributed by atoms with Gasteiger partial charge in [0.15, 0.2) is 0 Å². The smallest absolute Gasteiger partial charge is 0.429 e. The summed E-state index contributed by atoms with van der Waals surface area (Å²) in [4.78, 5) is 33.4. The Morgan fingerprint density at radius 1 is 1.02 bits per heavy atom. The van der Waals surface area contributed by atoms with Crippen LogP contribution in [0.1, 0.15) is 46.1 Å². The number of benzene rings is 2. The first-order valence-electron chi connectivity index (χ1n) is 13.6. The van der Waals surface area contributed by atoms with Crippen molar-refractivity contribution >= 4 is 55.2 Å². The summed E-state index contributed by atoms with van der Waals surface area (Å²) in [7, 11) is -2.83. The Labute approximate surface area is 247 Å². The zero-order valence-electron chi connectivity index (χ0n) is 23.7. The zero-order valence-corrected chi connectivity index (χ0v) is 25.3. The van der Waals surface area contributed by atoms with Crippen LogP contribution in [0.5, 0.6) is 0 Å². The van der Waals surface area contributed by atoms with E-state index in [0.717, 1.165) is 16.5 Å². The van der Waals surface area contributed by atoms with E-state index >= 15 is 0 Å². The van der Waals surface area contributed by atoms with Gasteiger partial charge in [0.2, 0.25) is 10.3 Å². The molecule has 1 saturated heterocycles. The number of hydrogen-bond acceptors (Lipinski definition) is 7. The summed E-state index contributed by atoms with van der Waals surface area (Å²) < 4.78 is 30.7. The number of anilines is 1. The van der Waals surface area contributed by atoms with Gasteiger partial charge in [-0.05, 0) is 81.1 Å². The highest BCUT2D eigenvalue weighted by molar-refractivity contribution is 7.74. The maximum atomic E-state index is 14.1. The second kappa shape index (κ2) is 12.9. The Morgan fingerprint density at radius 3 is 2.27 bits per heavy atom. The number of ether oxygens (including phenoxy) is 1. The molecule has 2 amide bonds. The fraction of sp³-hybridized carbons (Fsp3) is 0.400. The van der Waals surface area contributed by atoms with Gasteiger partial charge in [0.05, 0.1) is 6.04 Å². The largest absolute Gasteiger partial charge is 0.442 e. The molecule has 0 radical (unpaired) electrons. The van der Waals surface area contributed by atoms with Crippen LogP contribution in [0, 0.1) is 0 Å². The third-order valence-electron chi connectivity index (χ3n) is 6.88. The fourth-order valence-corrected chi connectivity index (χ4v) is 5.68. The first-order valence-corrected chi connectivity index (χ1v) is 15.0. The quantitative estimate of drug-likeness (QED) is 0.286. The minimum atomic E-state index is -2.83. The van der Waals surface area contributed by atoms with Crippen LogP contribution in [0.2, 0.25) is 5.02 Å². The summed E-state index contributed by atoms with van der Waals surface area (Å²) in [6.45, 7) is 8.33. The van der Waals surface area contributed by atoms with Crippen molar-refractivity contribution in [1.29, 1.82) is 0 Å². The van der Waals surface area contributed by atoms with E-state index in [4.69, 9.17) is 16.3 Å². The van der Waals surface area contributed by atoms with Crippen molar-refractivity contribution in [3.8, 4) is 0 Å². The molecule has 0 aliphatic carbocycles. The number of piperidine rings is 1. The fourth-order valence-electron chi connectivity index (χ4n) is 4.98. The van der Waals surface area contributed by atoms with Crippen LogP contribution < -0.4 is 4.90 Å². The lowest BCUT2D eigenvalue weighted by Crippen LogP contribution is -2.59. The van der Waals surface area contributed by atoms with Gasteiger partial charge < -0.3 is 9.64 Å². The molecule has 4 rings (SSSR count). The highest BCUT2D eigenvalue weighted by Gasteiger charge is 2.38. The molecule has 0 unspecified atom stereocenters. The molecular weight excluding hydrogens is 564 g/mol. The SMILES string of the molecule is CCN(C(=O)OC(C)(C)C)N(C(=O)C(Cc1ccc2cc(Cl)ccc2c1)=S(=O)=O)C1CCN(c2ccncc2)CC1. The van der Waals surface area contributed by atoms with Crippen molar-refractivity contribution in [2.24, 2.45) is 0 Å². The van der Waals surface area contributed by atoms with Crippen molar-refractivity contribution in [2.45, 2.75) is 58.6 Å². The normalized spacial score (nSPS) is 14.0. The van der Waals surface area contributed by atoms with E-state index in [-0.39, 0.29) is 17.8 Å². The second-order valence-electron chi connectivity index (χ2n) is 10.9. The van der Waals surface area contributed by atoms with Gasteiger partial charge in [0, 0.05) is 49.2 Å². The van der Waals surface area contributed by atoms with E-state index in [1.54, 1.807) is 52.2 Å². The van der Waals surface area contributed by atoms with Crippen LogP contribution in [0.15, 0.2) is 60.9 Å². The molecule has 1 aromatic heterocycles. The lowest BCUT2D eigenvalue weighted by molar-refractivity contribution is -0.146. The van der Waals surface area contributed by atoms with E-state index in [0.29, 0.717) is 36.5 Å². The minimum absolute atomic E-state index is 0.119. The van der Waals surface area contributed by atoms with E-state index < -0.39 is 33.9 Å². The van der Waals surface area contributed by atoms with Gasteiger partial charge in [-0.1, -0.05) is 35.9 Å². The van der Waals surface area contributed by atoms with Gasteiger partial charge >= 0.3 is 6.09 Å². The molecule has 0 spiro atoms. The van der Waals surface area contributed by atoms with Crippen LogP contribution in [-0.2, 0) is 26.2 Å². The van der Waals surface area contributed by atoms with Crippen LogP contribution in [-0.4, -0.2) is 71.6 Å². The summed E-state index contributed by atoms with van der Waals surface area (Å²) in [5, 5.41) is 4.92. The van der Waals surface area contributed by atoms with E-state index in [1.807, 2.05) is 36.4 Å². The summed E-state index contributed by atoms with van der Waals surface area (Å²) >= 11 is 6.10. The molecule has 2 aromatic carbocycles. The van der Waals surface area contributed by atoms with Gasteiger partial charge in [-0.15, -0.1) is 0 Å². The number of pyridine rings is 1. The van der Waals surface area contributed by atoms with Gasteiger partial charge in [-0.3, -0.25) is 9.78 Å². The summed E-state index contributed by atoms with van der Waals surface area (Å²) in [5.41, 5.74) is 0.868. The second-order valence-corrected chi connectivity index (χ2v) is 12.3. The van der Waals surface area contributed by atoms with Gasteiger partial charge in [-0.2, -0.15) is 8.42 Å². The lowest BCUT2D eigenvalue weighted by atomic mass is 10.0. The third kappa shape index (κ3) is 7.56. The molecule has 1 fully saturated rings. The average molecular weight is 599 g/mol. The van der Waals surface area contributed by atoms with Crippen molar-refractivity contribution < 1.29 is 22.7 Å².